The molecule has 2 aromatic carbocycles. The Morgan fingerprint density at radius 3 is 1.39 bits per heavy atom. The molecule has 0 saturated carbocycles. The van der Waals surface area contributed by atoms with Crippen molar-refractivity contribution in [3.05, 3.63) is 116 Å². The summed E-state index contributed by atoms with van der Waals surface area (Å²) in [6, 6.07) is 21.0. The van der Waals surface area contributed by atoms with Crippen molar-refractivity contribution >= 4 is 64.6 Å². The molecule has 4 aromatic rings. The first-order valence-corrected chi connectivity index (χ1v) is 21.3. The molecule has 5 nitrogen and oxygen atoms in total. The summed E-state index contributed by atoms with van der Waals surface area (Å²) in [6.45, 7) is 13.3. The van der Waals surface area contributed by atoms with Crippen LogP contribution in [-0.2, 0) is 0 Å². The lowest BCUT2D eigenvalue weighted by Crippen LogP contribution is -2.25. The number of anilines is 2. The van der Waals surface area contributed by atoms with Crippen molar-refractivity contribution in [2.24, 2.45) is 0 Å². The first-order chi connectivity index (χ1) is 26.5. The lowest BCUT2D eigenvalue weighted by atomic mass is 10.1. The van der Waals surface area contributed by atoms with Gasteiger partial charge >= 0.3 is 0 Å². The molecule has 0 atom stereocenters. The summed E-state index contributed by atoms with van der Waals surface area (Å²) in [5.41, 5.74) is 4.65. The van der Waals surface area contributed by atoms with Gasteiger partial charge in [0.15, 0.2) is 6.29 Å². The van der Waals surface area contributed by atoms with Crippen molar-refractivity contribution in [1.29, 1.82) is 0 Å². The number of hydrogen-bond acceptors (Lipinski definition) is 7. The molecule has 0 unspecified atom stereocenters. The number of rotatable bonds is 23. The Kier molecular flexibility index (Phi) is 21.6. The molecular formula is C47H62N2O3S2. The van der Waals surface area contributed by atoms with E-state index in [4.69, 9.17) is 9.47 Å². The minimum Gasteiger partial charge on any atom is -0.496 e. The smallest absolute Gasteiger partial charge is 0.160 e. The van der Waals surface area contributed by atoms with Crippen molar-refractivity contribution in [3.8, 4) is 11.5 Å². The van der Waals surface area contributed by atoms with Gasteiger partial charge in [-0.1, -0.05) is 95.9 Å². The van der Waals surface area contributed by atoms with Crippen molar-refractivity contribution in [2.45, 2.75) is 79.1 Å². The zero-order chi connectivity index (χ0) is 38.8. The minimum atomic E-state index is 0.747. The van der Waals surface area contributed by atoms with Gasteiger partial charge in [0, 0.05) is 70.6 Å². The van der Waals surface area contributed by atoms with Crippen LogP contribution >= 0.6 is 22.7 Å². The molecule has 0 bridgehead atoms. The molecule has 0 spiro atoms. The molecule has 0 amide bonds. The zero-order valence-corrected chi connectivity index (χ0v) is 35.1. The summed E-state index contributed by atoms with van der Waals surface area (Å²) in [6.07, 6.45) is 27.0. The summed E-state index contributed by atoms with van der Waals surface area (Å²) in [5, 5.41) is 2.09. The van der Waals surface area contributed by atoms with Gasteiger partial charge in [-0.2, -0.15) is 0 Å². The Morgan fingerprint density at radius 1 is 0.556 bits per heavy atom. The number of carbonyl (C=O) groups is 1. The summed E-state index contributed by atoms with van der Waals surface area (Å²) in [7, 11) is 3.47. The molecular weight excluding hydrogens is 705 g/mol. The molecule has 0 fully saturated rings. The second-order valence-electron chi connectivity index (χ2n) is 13.1. The Balaban J connectivity index is 0.000000291. The van der Waals surface area contributed by atoms with Gasteiger partial charge in [0.2, 0.25) is 0 Å². The quantitative estimate of drug-likeness (QED) is 0.0555. The van der Waals surface area contributed by atoms with Gasteiger partial charge in [0.1, 0.15) is 11.5 Å². The van der Waals surface area contributed by atoms with Crippen LogP contribution < -0.4 is 19.3 Å². The number of aldehydes is 1. The molecule has 2 aromatic heterocycles. The first kappa shape index (κ1) is 44.1. The van der Waals surface area contributed by atoms with Crippen LogP contribution in [0.2, 0.25) is 0 Å². The maximum absolute atomic E-state index is 10.8. The van der Waals surface area contributed by atoms with E-state index in [1.54, 1.807) is 25.6 Å². The molecule has 0 aliphatic carbocycles. The van der Waals surface area contributed by atoms with Crippen LogP contribution in [0.5, 0.6) is 11.5 Å². The summed E-state index contributed by atoms with van der Waals surface area (Å²) in [5.74, 6) is 1.82. The molecule has 0 aliphatic heterocycles. The highest BCUT2D eigenvalue weighted by Gasteiger charge is 2.10. The van der Waals surface area contributed by atoms with E-state index >= 15 is 0 Å². The van der Waals surface area contributed by atoms with Gasteiger partial charge < -0.3 is 19.3 Å². The molecule has 0 radical (unpaired) electrons. The normalized spacial score (nSPS) is 11.4. The highest BCUT2D eigenvalue weighted by Crippen LogP contribution is 2.29. The predicted octanol–water partition coefficient (Wildman–Crippen LogP) is 13.6. The molecule has 54 heavy (non-hydrogen) atoms. The number of hydrogen-bond donors (Lipinski definition) is 0. The maximum Gasteiger partial charge on any atom is 0.160 e. The second-order valence-corrected chi connectivity index (χ2v) is 15.2. The number of benzene rings is 2. The fourth-order valence-corrected chi connectivity index (χ4v) is 7.10. The average molecular weight is 767 g/mol. The number of carbonyl (C=O) groups excluding carboxylic acids is 1. The third-order valence-electron chi connectivity index (χ3n) is 8.89. The van der Waals surface area contributed by atoms with Crippen LogP contribution in [0.1, 0.15) is 110 Å². The van der Waals surface area contributed by atoms with Gasteiger partial charge in [0.25, 0.3) is 0 Å². The third-order valence-corrected chi connectivity index (χ3v) is 10.7. The van der Waals surface area contributed by atoms with E-state index in [1.807, 2.05) is 30.4 Å². The van der Waals surface area contributed by atoms with E-state index in [9.17, 15) is 4.79 Å². The average Bonchev–Trinajstić information content (AvgIpc) is 3.91. The van der Waals surface area contributed by atoms with Crippen LogP contribution in [0.15, 0.2) is 90.3 Å². The molecule has 0 saturated heterocycles. The number of thiophene rings is 2. The number of unbranched alkanes of at least 4 members (excludes halogenated alkanes) is 4. The predicted molar refractivity (Wildman–Crippen MR) is 240 cm³/mol. The van der Waals surface area contributed by atoms with Crippen LogP contribution in [0.25, 0.3) is 24.3 Å². The monoisotopic (exact) mass is 766 g/mol. The Morgan fingerprint density at radius 2 is 1.00 bits per heavy atom. The van der Waals surface area contributed by atoms with E-state index in [2.05, 4.69) is 122 Å². The lowest BCUT2D eigenvalue weighted by Gasteiger charge is -2.25. The van der Waals surface area contributed by atoms with Crippen molar-refractivity contribution in [1.82, 2.24) is 0 Å². The zero-order valence-electron chi connectivity index (χ0n) is 33.5. The minimum absolute atomic E-state index is 0.747. The van der Waals surface area contributed by atoms with E-state index < -0.39 is 0 Å². The SMILES string of the molecule is CCCCN(CCCC)c1ccc(/C=C/C=C/c2ccc(C=O)s2)c(OC)c1.CCCCN(CCCC)c1ccc(/C=C/C=Cc2cccs2)c(OC)c1. The third kappa shape index (κ3) is 15.6. The molecule has 4 rings (SSSR count). The maximum atomic E-state index is 10.8. The van der Waals surface area contributed by atoms with Gasteiger partial charge in [-0.3, -0.25) is 4.79 Å². The molecule has 290 valence electrons. The number of ether oxygens (including phenoxy) is 2. The van der Waals surface area contributed by atoms with Crippen molar-refractivity contribution < 1.29 is 14.3 Å². The van der Waals surface area contributed by atoms with Crippen LogP contribution in [0, 0.1) is 0 Å². The fourth-order valence-electron chi connectivity index (χ4n) is 5.73. The van der Waals surface area contributed by atoms with Gasteiger partial charge in [0.05, 0.1) is 19.1 Å². The Bertz CT molecular complexity index is 1720. The molecule has 0 aliphatic rings. The first-order valence-electron chi connectivity index (χ1n) is 19.6. The van der Waals surface area contributed by atoms with E-state index in [0.29, 0.717) is 0 Å². The van der Waals surface area contributed by atoms with Crippen LogP contribution in [0.3, 0.4) is 0 Å². The Hall–Kier alpha value is -4.33. The van der Waals surface area contributed by atoms with E-state index in [0.717, 1.165) is 64.8 Å². The summed E-state index contributed by atoms with van der Waals surface area (Å²) >= 11 is 3.23. The molecule has 0 N–H and O–H groups in total. The van der Waals surface area contributed by atoms with Crippen LogP contribution in [0.4, 0.5) is 11.4 Å². The largest absolute Gasteiger partial charge is 0.496 e. The fraction of sp³-hybridized carbons (Fsp3) is 0.383. The summed E-state index contributed by atoms with van der Waals surface area (Å²) < 4.78 is 11.3. The second kappa shape index (κ2) is 26.4. The van der Waals surface area contributed by atoms with E-state index in [-0.39, 0.29) is 0 Å². The molecule has 7 heteroatoms. The number of allylic oxidation sites excluding steroid dienone is 4. The van der Waals surface area contributed by atoms with Crippen molar-refractivity contribution in [3.63, 3.8) is 0 Å². The van der Waals surface area contributed by atoms with Gasteiger partial charge in [-0.15, -0.1) is 22.7 Å². The number of nitrogens with zero attached hydrogens (tertiary/aromatic N) is 2. The summed E-state index contributed by atoms with van der Waals surface area (Å²) in [4.78, 5) is 18.8. The standard InChI is InChI=1S/C24H31NO2S.C23H31NOS/c1-4-6-16-25(17-7-5-2)21-13-12-20(24(18-21)27-3)10-8-9-11-22-14-15-23(19-26)28-22;1-4-6-16-24(17-7-5-2)21-15-14-20(23(19-21)25-3)11-8-9-12-22-13-10-18-26-22/h8-15,18-19H,4-7,16-17H2,1-3H3;8-15,18-19H,4-7,16-17H2,1-3H3/b10-8+,11-9+;11-8+,12-9?. The molecule has 2 heterocycles. The highest BCUT2D eigenvalue weighted by atomic mass is 32.1. The highest BCUT2D eigenvalue weighted by molar-refractivity contribution is 7.14. The van der Waals surface area contributed by atoms with E-state index in [1.165, 1.54) is 79.0 Å². The number of methoxy groups -OCH3 is 2. The van der Waals surface area contributed by atoms with Gasteiger partial charge in [-0.25, -0.2) is 0 Å². The Labute approximate surface area is 334 Å². The van der Waals surface area contributed by atoms with Crippen LogP contribution in [-0.4, -0.2) is 46.7 Å². The van der Waals surface area contributed by atoms with Crippen molar-refractivity contribution in [2.75, 3.05) is 50.2 Å². The lowest BCUT2D eigenvalue weighted by molar-refractivity contribution is 0.112. The topological polar surface area (TPSA) is 42.0 Å². The van der Waals surface area contributed by atoms with Gasteiger partial charge in [-0.05, 0) is 85.7 Å².